The van der Waals surface area contributed by atoms with Crippen LogP contribution in [0.5, 0.6) is 0 Å². The molecule has 174 valence electrons. The third-order valence-corrected chi connectivity index (χ3v) is 5.70. The molecule has 3 aromatic rings. The predicted octanol–water partition coefficient (Wildman–Crippen LogP) is 3.17. The van der Waals surface area contributed by atoms with Gasteiger partial charge in [-0.05, 0) is 24.6 Å². The number of halogens is 1. The average molecular weight is 462 g/mol. The van der Waals surface area contributed by atoms with E-state index in [1.165, 1.54) is 19.2 Å². The van der Waals surface area contributed by atoms with E-state index in [-0.39, 0.29) is 11.5 Å². The Morgan fingerprint density at radius 1 is 1.41 bits per heavy atom. The summed E-state index contributed by atoms with van der Waals surface area (Å²) < 4.78 is 20.3. The molecular weight excluding hydrogens is 437 g/mol. The van der Waals surface area contributed by atoms with Crippen molar-refractivity contribution in [3.8, 4) is 6.07 Å². The highest BCUT2D eigenvalue weighted by Gasteiger charge is 2.35. The van der Waals surface area contributed by atoms with Gasteiger partial charge in [-0.2, -0.15) is 10.4 Å². The molecule has 1 amide bonds. The van der Waals surface area contributed by atoms with E-state index >= 15 is 0 Å². The molecule has 0 bridgehead atoms. The summed E-state index contributed by atoms with van der Waals surface area (Å²) in [6.45, 7) is 6.49. The number of likely N-dealkylation sites (N-methyl/N-ethyl adjacent to an activating group) is 1. The second-order valence-electron chi connectivity index (χ2n) is 7.97. The maximum absolute atomic E-state index is 13.4. The minimum Gasteiger partial charge on any atom is -0.499 e. The standard InChI is InChI=1S/C24H24FN7O2/c1-14-22-20(31(3)23(15(2)34-4)24(33)30-22)8-21(29-14)27-10-16-11-28-32(12-16)13-17-5-6-19(25)7-18(17)9-26/h5-8,11-12,23H,2,10,13H2,1,3-4H3,(H,27,29)(H,30,33)/t23-/m0/s1. The smallest absolute Gasteiger partial charge is 0.255 e. The first-order valence-corrected chi connectivity index (χ1v) is 10.5. The quantitative estimate of drug-likeness (QED) is 0.520. The number of aryl methyl sites for hydroxylation is 1. The number of carbonyl (C=O) groups excluding carboxylic acids is 1. The molecule has 0 aliphatic carbocycles. The van der Waals surface area contributed by atoms with Crippen molar-refractivity contribution in [3.05, 3.63) is 77.2 Å². The highest BCUT2D eigenvalue weighted by atomic mass is 19.1. The summed E-state index contributed by atoms with van der Waals surface area (Å²) in [5.41, 5.74) is 4.01. The van der Waals surface area contributed by atoms with Crippen molar-refractivity contribution in [1.82, 2.24) is 14.8 Å². The fourth-order valence-corrected chi connectivity index (χ4v) is 3.90. The Bertz CT molecular complexity index is 1310. The predicted molar refractivity (Wildman–Crippen MR) is 126 cm³/mol. The Hall–Kier alpha value is -4.39. The van der Waals surface area contributed by atoms with Crippen LogP contribution in [0.4, 0.5) is 21.6 Å². The number of nitrogens with zero attached hydrogens (tertiary/aromatic N) is 5. The highest BCUT2D eigenvalue weighted by Crippen LogP contribution is 2.36. The van der Waals surface area contributed by atoms with Gasteiger partial charge < -0.3 is 20.3 Å². The number of nitrogens with one attached hydrogen (secondary N) is 2. The molecule has 0 spiro atoms. The average Bonchev–Trinajstić information content (AvgIpc) is 3.26. The van der Waals surface area contributed by atoms with Crippen LogP contribution < -0.4 is 15.5 Å². The maximum Gasteiger partial charge on any atom is 0.255 e. The molecule has 0 fully saturated rings. The van der Waals surface area contributed by atoms with Gasteiger partial charge in [0.15, 0.2) is 6.04 Å². The number of benzene rings is 1. The van der Waals surface area contributed by atoms with Crippen LogP contribution in [0.1, 0.15) is 22.4 Å². The van der Waals surface area contributed by atoms with Gasteiger partial charge in [-0.25, -0.2) is 9.37 Å². The molecule has 34 heavy (non-hydrogen) atoms. The lowest BCUT2D eigenvalue weighted by Gasteiger charge is -2.36. The van der Waals surface area contributed by atoms with Crippen LogP contribution in [-0.2, 0) is 22.6 Å². The zero-order valence-corrected chi connectivity index (χ0v) is 19.1. The number of hydrogen-bond acceptors (Lipinski definition) is 7. The topological polar surface area (TPSA) is 108 Å². The second-order valence-corrected chi connectivity index (χ2v) is 7.97. The Morgan fingerprint density at radius 3 is 2.94 bits per heavy atom. The first kappa shape index (κ1) is 22.8. The van der Waals surface area contributed by atoms with Gasteiger partial charge in [0.1, 0.15) is 17.4 Å². The zero-order valence-electron chi connectivity index (χ0n) is 19.1. The van der Waals surface area contributed by atoms with Gasteiger partial charge in [0.2, 0.25) is 0 Å². The second kappa shape index (κ2) is 9.23. The molecule has 0 saturated carbocycles. The summed E-state index contributed by atoms with van der Waals surface area (Å²) in [4.78, 5) is 18.9. The largest absolute Gasteiger partial charge is 0.499 e. The molecule has 1 aliphatic rings. The van der Waals surface area contributed by atoms with E-state index in [1.54, 1.807) is 16.9 Å². The number of nitriles is 1. The van der Waals surface area contributed by atoms with E-state index in [0.29, 0.717) is 41.6 Å². The van der Waals surface area contributed by atoms with Crippen LogP contribution in [0, 0.1) is 24.1 Å². The van der Waals surface area contributed by atoms with Crippen molar-refractivity contribution in [2.75, 3.05) is 29.7 Å². The van der Waals surface area contributed by atoms with E-state index < -0.39 is 11.9 Å². The molecule has 2 N–H and O–H groups in total. The van der Waals surface area contributed by atoms with Gasteiger partial charge in [-0.3, -0.25) is 9.48 Å². The van der Waals surface area contributed by atoms with E-state index in [4.69, 9.17) is 4.74 Å². The van der Waals surface area contributed by atoms with Crippen LogP contribution in [0.15, 0.2) is 49.0 Å². The summed E-state index contributed by atoms with van der Waals surface area (Å²) in [5, 5.41) is 19.8. The normalized spacial score (nSPS) is 14.7. The van der Waals surface area contributed by atoms with Crippen LogP contribution in [-0.4, -0.2) is 40.9 Å². The minimum atomic E-state index is -0.643. The fourth-order valence-electron chi connectivity index (χ4n) is 3.90. The van der Waals surface area contributed by atoms with Crippen molar-refractivity contribution in [2.45, 2.75) is 26.1 Å². The number of methoxy groups -OCH3 is 1. The number of hydrogen-bond donors (Lipinski definition) is 2. The van der Waals surface area contributed by atoms with Crippen molar-refractivity contribution in [2.24, 2.45) is 0 Å². The van der Waals surface area contributed by atoms with Gasteiger partial charge in [0.05, 0.1) is 48.6 Å². The Morgan fingerprint density at radius 2 is 2.21 bits per heavy atom. The van der Waals surface area contributed by atoms with Crippen LogP contribution >= 0.6 is 0 Å². The van der Waals surface area contributed by atoms with Gasteiger partial charge in [-0.1, -0.05) is 12.6 Å². The summed E-state index contributed by atoms with van der Waals surface area (Å²) in [6.07, 6.45) is 3.58. The Kier molecular flexibility index (Phi) is 6.19. The van der Waals surface area contributed by atoms with Crippen molar-refractivity contribution < 1.29 is 13.9 Å². The summed E-state index contributed by atoms with van der Waals surface area (Å²) in [7, 11) is 3.30. The monoisotopic (exact) mass is 461 g/mol. The van der Waals surface area contributed by atoms with Gasteiger partial charge in [0, 0.05) is 31.4 Å². The lowest BCUT2D eigenvalue weighted by molar-refractivity contribution is -0.117. The number of ether oxygens (including phenoxy) is 1. The van der Waals surface area contributed by atoms with Crippen LogP contribution in [0.25, 0.3) is 0 Å². The third kappa shape index (κ3) is 4.41. The van der Waals surface area contributed by atoms with Crippen LogP contribution in [0.3, 0.4) is 0 Å². The Labute approximate surface area is 196 Å². The summed E-state index contributed by atoms with van der Waals surface area (Å²) in [6, 6.07) is 7.38. The molecule has 9 nitrogen and oxygen atoms in total. The number of aromatic nitrogens is 3. The van der Waals surface area contributed by atoms with Gasteiger partial charge in [-0.15, -0.1) is 0 Å². The van der Waals surface area contributed by atoms with Crippen LogP contribution in [0.2, 0.25) is 0 Å². The molecule has 0 unspecified atom stereocenters. The molecule has 0 radical (unpaired) electrons. The zero-order chi connectivity index (χ0) is 24.4. The molecule has 4 rings (SSSR count). The van der Waals surface area contributed by atoms with Crippen molar-refractivity contribution >= 4 is 23.1 Å². The fraction of sp³-hybridized carbons (Fsp3) is 0.250. The van der Waals surface area contributed by atoms with Crippen molar-refractivity contribution in [1.29, 1.82) is 5.26 Å². The molecule has 0 saturated heterocycles. The molecule has 1 aliphatic heterocycles. The number of rotatable bonds is 7. The first-order chi connectivity index (χ1) is 16.3. The van der Waals surface area contributed by atoms with Gasteiger partial charge in [0.25, 0.3) is 5.91 Å². The molecular formula is C24H24FN7O2. The number of anilines is 3. The Balaban J connectivity index is 1.48. The molecule has 2 aromatic heterocycles. The van der Waals surface area contributed by atoms with E-state index in [9.17, 15) is 14.4 Å². The number of amides is 1. The van der Waals surface area contributed by atoms with E-state index in [0.717, 1.165) is 11.3 Å². The minimum absolute atomic E-state index is 0.222. The third-order valence-electron chi connectivity index (χ3n) is 5.70. The maximum atomic E-state index is 13.4. The highest BCUT2D eigenvalue weighted by molar-refractivity contribution is 6.05. The number of fused-ring (bicyclic) bond motifs is 1. The molecule has 3 heterocycles. The lowest BCUT2D eigenvalue weighted by atomic mass is 10.1. The number of carbonyl (C=O) groups is 1. The van der Waals surface area contributed by atoms with Crippen molar-refractivity contribution in [3.63, 3.8) is 0 Å². The first-order valence-electron chi connectivity index (χ1n) is 10.5. The SMILES string of the molecule is C=C(OC)[C@H]1C(=O)Nc2c(cc(NCc3cnn(Cc4ccc(F)cc4C#N)c3)nc2C)N1C. The summed E-state index contributed by atoms with van der Waals surface area (Å²) in [5.74, 6) is 0.323. The van der Waals surface area contributed by atoms with Gasteiger partial charge >= 0.3 is 0 Å². The number of pyridine rings is 1. The molecule has 1 aromatic carbocycles. The molecule has 1 atom stereocenters. The summed E-state index contributed by atoms with van der Waals surface area (Å²) >= 11 is 0. The lowest BCUT2D eigenvalue weighted by Crippen LogP contribution is -2.47. The van der Waals surface area contributed by atoms with E-state index in [1.807, 2.05) is 37.2 Å². The van der Waals surface area contributed by atoms with E-state index in [2.05, 4.69) is 27.3 Å². The molecule has 10 heteroatoms.